The standard InChI is InChI=1S/C27H28N4O7/c1-2-37-27(36)31-12-10-30(11-13-31)24(32)16-28-25(33)22-15-23(20-8-3-4-9-21(20)29-22)38-17-18-6-5-7-19(14-18)26(34)35/h3-9,14-15H,2,10-13,16-17H2,1H3,(H,28,33)(H,34,35). The average Bonchev–Trinajstić information content (AvgIpc) is 2.94. The molecule has 0 aliphatic carbocycles. The van der Waals surface area contributed by atoms with Crippen molar-refractivity contribution in [2.24, 2.45) is 0 Å². The van der Waals surface area contributed by atoms with Gasteiger partial charge in [0.05, 0.1) is 24.2 Å². The number of para-hydroxylation sites is 1. The van der Waals surface area contributed by atoms with Crippen molar-refractivity contribution in [2.75, 3.05) is 39.3 Å². The molecule has 0 atom stereocenters. The quantitative estimate of drug-likeness (QED) is 0.462. The summed E-state index contributed by atoms with van der Waals surface area (Å²) in [4.78, 5) is 56.2. The normalized spacial score (nSPS) is 13.2. The van der Waals surface area contributed by atoms with E-state index >= 15 is 0 Å². The summed E-state index contributed by atoms with van der Waals surface area (Å²) in [6.07, 6.45) is -0.400. The van der Waals surface area contributed by atoms with Gasteiger partial charge in [-0.15, -0.1) is 0 Å². The molecule has 198 valence electrons. The molecule has 0 spiro atoms. The third-order valence-electron chi connectivity index (χ3n) is 6.04. The van der Waals surface area contributed by atoms with E-state index in [1.807, 2.05) is 12.1 Å². The number of aromatic nitrogens is 1. The average molecular weight is 521 g/mol. The smallest absolute Gasteiger partial charge is 0.409 e. The van der Waals surface area contributed by atoms with E-state index in [2.05, 4.69) is 10.3 Å². The maximum Gasteiger partial charge on any atom is 0.409 e. The van der Waals surface area contributed by atoms with Crippen LogP contribution >= 0.6 is 0 Å². The lowest BCUT2D eigenvalue weighted by Gasteiger charge is -2.34. The van der Waals surface area contributed by atoms with E-state index in [-0.39, 0.29) is 36.9 Å². The minimum atomic E-state index is -1.03. The van der Waals surface area contributed by atoms with Crippen molar-refractivity contribution in [2.45, 2.75) is 13.5 Å². The molecule has 11 nitrogen and oxygen atoms in total. The van der Waals surface area contributed by atoms with Crippen LogP contribution in [0.2, 0.25) is 0 Å². The first-order valence-electron chi connectivity index (χ1n) is 12.2. The first-order valence-corrected chi connectivity index (χ1v) is 12.2. The lowest BCUT2D eigenvalue weighted by molar-refractivity contribution is -0.131. The summed E-state index contributed by atoms with van der Waals surface area (Å²) >= 11 is 0. The number of carbonyl (C=O) groups is 4. The zero-order valence-corrected chi connectivity index (χ0v) is 20.9. The molecular weight excluding hydrogens is 492 g/mol. The van der Waals surface area contributed by atoms with E-state index in [9.17, 15) is 24.3 Å². The number of hydrogen-bond acceptors (Lipinski definition) is 7. The Labute approximate surface area is 219 Å². The van der Waals surface area contributed by atoms with Gasteiger partial charge in [0, 0.05) is 37.6 Å². The molecule has 4 rings (SSSR count). The van der Waals surface area contributed by atoms with Crippen molar-refractivity contribution in [3.63, 3.8) is 0 Å². The Morgan fingerprint density at radius 3 is 2.45 bits per heavy atom. The summed E-state index contributed by atoms with van der Waals surface area (Å²) in [5, 5.41) is 12.5. The van der Waals surface area contributed by atoms with E-state index in [1.165, 1.54) is 18.2 Å². The van der Waals surface area contributed by atoms with Crippen molar-refractivity contribution >= 4 is 34.8 Å². The number of carboxylic acids is 1. The number of fused-ring (bicyclic) bond motifs is 1. The highest BCUT2D eigenvalue weighted by atomic mass is 16.6. The monoisotopic (exact) mass is 520 g/mol. The topological polar surface area (TPSA) is 138 Å². The number of amides is 3. The molecule has 1 aromatic heterocycles. The first-order chi connectivity index (χ1) is 18.4. The Morgan fingerprint density at radius 1 is 0.974 bits per heavy atom. The van der Waals surface area contributed by atoms with Crippen LogP contribution in [-0.4, -0.2) is 83.1 Å². The number of nitrogens with one attached hydrogen (secondary N) is 1. The second kappa shape index (κ2) is 12.0. The third kappa shape index (κ3) is 6.36. The number of aromatic carboxylic acids is 1. The van der Waals surface area contributed by atoms with E-state index in [1.54, 1.807) is 41.0 Å². The van der Waals surface area contributed by atoms with Gasteiger partial charge in [-0.2, -0.15) is 0 Å². The van der Waals surface area contributed by atoms with Gasteiger partial charge in [-0.25, -0.2) is 14.6 Å². The zero-order chi connectivity index (χ0) is 27.1. The fourth-order valence-electron chi connectivity index (χ4n) is 4.05. The number of ether oxygens (including phenoxy) is 2. The number of benzene rings is 2. The Bertz CT molecular complexity index is 1350. The molecule has 38 heavy (non-hydrogen) atoms. The Kier molecular flexibility index (Phi) is 8.37. The second-order valence-electron chi connectivity index (χ2n) is 8.57. The van der Waals surface area contributed by atoms with Crippen molar-refractivity contribution in [3.8, 4) is 5.75 Å². The van der Waals surface area contributed by atoms with E-state index in [0.29, 0.717) is 48.4 Å². The summed E-state index contributed by atoms with van der Waals surface area (Å²) in [5.74, 6) is -1.43. The van der Waals surface area contributed by atoms with E-state index in [4.69, 9.17) is 9.47 Å². The molecule has 1 saturated heterocycles. The minimum absolute atomic E-state index is 0.0814. The van der Waals surface area contributed by atoms with Gasteiger partial charge >= 0.3 is 12.1 Å². The number of pyridine rings is 1. The molecule has 0 unspecified atom stereocenters. The molecule has 2 aromatic carbocycles. The van der Waals surface area contributed by atoms with Gasteiger partial charge in [-0.3, -0.25) is 9.59 Å². The fourth-order valence-corrected chi connectivity index (χ4v) is 4.05. The zero-order valence-electron chi connectivity index (χ0n) is 20.9. The Balaban J connectivity index is 1.40. The van der Waals surface area contributed by atoms with Crippen LogP contribution in [0.4, 0.5) is 4.79 Å². The molecule has 2 heterocycles. The van der Waals surface area contributed by atoms with Gasteiger partial charge in [0.2, 0.25) is 5.91 Å². The first kappa shape index (κ1) is 26.4. The molecule has 1 aliphatic heterocycles. The van der Waals surface area contributed by atoms with Gasteiger partial charge in [0.1, 0.15) is 18.1 Å². The molecule has 11 heteroatoms. The van der Waals surface area contributed by atoms with Gasteiger partial charge in [0.25, 0.3) is 5.91 Å². The lowest BCUT2D eigenvalue weighted by Crippen LogP contribution is -2.52. The van der Waals surface area contributed by atoms with Crippen molar-refractivity contribution in [3.05, 3.63) is 71.4 Å². The lowest BCUT2D eigenvalue weighted by atomic mass is 10.1. The highest BCUT2D eigenvalue weighted by Gasteiger charge is 2.25. The highest BCUT2D eigenvalue weighted by Crippen LogP contribution is 2.26. The third-order valence-corrected chi connectivity index (χ3v) is 6.04. The SMILES string of the molecule is CCOC(=O)N1CCN(C(=O)CNC(=O)c2cc(OCc3cccc(C(=O)O)c3)c3ccccc3n2)CC1. The van der Waals surface area contributed by atoms with Crippen molar-refractivity contribution < 1.29 is 33.8 Å². The molecule has 2 N–H and O–H groups in total. The fraction of sp³-hybridized carbons (Fsp3) is 0.296. The predicted molar refractivity (Wildman–Crippen MR) is 137 cm³/mol. The van der Waals surface area contributed by atoms with E-state index < -0.39 is 18.0 Å². The largest absolute Gasteiger partial charge is 0.488 e. The summed E-state index contributed by atoms with van der Waals surface area (Å²) in [5.41, 5.74) is 1.43. The van der Waals surface area contributed by atoms with Crippen LogP contribution in [0.25, 0.3) is 10.9 Å². The van der Waals surface area contributed by atoms with Gasteiger partial charge in [-0.1, -0.05) is 24.3 Å². The molecular formula is C27H28N4O7. The molecule has 0 saturated carbocycles. The van der Waals surface area contributed by atoms with Crippen LogP contribution in [-0.2, 0) is 16.1 Å². The number of carboxylic acid groups (broad SMARTS) is 1. The highest BCUT2D eigenvalue weighted by molar-refractivity contribution is 5.98. The predicted octanol–water partition coefficient (Wildman–Crippen LogP) is 2.54. The Morgan fingerprint density at radius 2 is 1.71 bits per heavy atom. The molecule has 3 amide bonds. The van der Waals surface area contributed by atoms with E-state index in [0.717, 1.165) is 0 Å². The van der Waals surface area contributed by atoms with Crippen molar-refractivity contribution in [1.82, 2.24) is 20.1 Å². The molecule has 1 aliphatic rings. The van der Waals surface area contributed by atoms with Crippen LogP contribution in [0, 0.1) is 0 Å². The van der Waals surface area contributed by atoms with Crippen LogP contribution in [0.3, 0.4) is 0 Å². The number of hydrogen-bond donors (Lipinski definition) is 2. The van der Waals surface area contributed by atoms with Gasteiger partial charge < -0.3 is 29.7 Å². The van der Waals surface area contributed by atoms with Gasteiger partial charge in [0.15, 0.2) is 0 Å². The minimum Gasteiger partial charge on any atom is -0.488 e. The summed E-state index contributed by atoms with van der Waals surface area (Å²) in [6, 6.07) is 15.1. The number of nitrogens with zero attached hydrogens (tertiary/aromatic N) is 3. The number of rotatable bonds is 8. The van der Waals surface area contributed by atoms with Crippen LogP contribution in [0.5, 0.6) is 5.75 Å². The Hall–Kier alpha value is -4.67. The summed E-state index contributed by atoms with van der Waals surface area (Å²) in [7, 11) is 0. The molecule has 3 aromatic rings. The number of piperazine rings is 1. The summed E-state index contributed by atoms with van der Waals surface area (Å²) in [6.45, 7) is 3.32. The van der Waals surface area contributed by atoms with Crippen LogP contribution in [0.1, 0.15) is 33.3 Å². The van der Waals surface area contributed by atoms with Crippen LogP contribution < -0.4 is 10.1 Å². The van der Waals surface area contributed by atoms with Crippen LogP contribution in [0.15, 0.2) is 54.6 Å². The molecule has 0 bridgehead atoms. The maximum atomic E-state index is 12.9. The molecule has 1 fully saturated rings. The van der Waals surface area contributed by atoms with Gasteiger partial charge in [-0.05, 0) is 36.8 Å². The summed E-state index contributed by atoms with van der Waals surface area (Å²) < 4.78 is 11.0. The van der Waals surface area contributed by atoms with Crippen molar-refractivity contribution in [1.29, 1.82) is 0 Å². The molecule has 0 radical (unpaired) electrons. The number of carbonyl (C=O) groups excluding carboxylic acids is 3. The maximum absolute atomic E-state index is 12.9. The second-order valence-corrected chi connectivity index (χ2v) is 8.57.